The normalized spacial score (nSPS) is 13.4. The fourth-order valence-electron chi connectivity index (χ4n) is 3.39. The third-order valence-electron chi connectivity index (χ3n) is 4.63. The number of anilines is 2. The van der Waals surface area contributed by atoms with E-state index in [-0.39, 0.29) is 17.8 Å². The van der Waals surface area contributed by atoms with E-state index in [9.17, 15) is 9.59 Å². The first-order valence-electron chi connectivity index (χ1n) is 9.58. The zero-order valence-electron chi connectivity index (χ0n) is 16.8. The number of rotatable bonds is 6. The summed E-state index contributed by atoms with van der Waals surface area (Å²) in [6.45, 7) is 5.00. The van der Waals surface area contributed by atoms with Crippen LogP contribution in [0.15, 0.2) is 60.0 Å². The maximum Gasteiger partial charge on any atom is 0.414 e. The van der Waals surface area contributed by atoms with Gasteiger partial charge < -0.3 is 10.1 Å². The number of imidazole rings is 1. The van der Waals surface area contributed by atoms with Gasteiger partial charge in [0, 0.05) is 29.5 Å². The Kier molecular flexibility index (Phi) is 5.76. The minimum Gasteiger partial charge on any atom is -0.447 e. The third-order valence-corrected chi connectivity index (χ3v) is 5.59. The van der Waals surface area contributed by atoms with Gasteiger partial charge in [0.15, 0.2) is 5.16 Å². The lowest BCUT2D eigenvalue weighted by atomic mass is 10.1. The van der Waals surface area contributed by atoms with E-state index in [4.69, 9.17) is 4.74 Å². The van der Waals surface area contributed by atoms with Crippen molar-refractivity contribution in [3.05, 3.63) is 66.0 Å². The van der Waals surface area contributed by atoms with Gasteiger partial charge in [0.25, 0.3) is 0 Å². The van der Waals surface area contributed by atoms with Gasteiger partial charge in [-0.25, -0.2) is 9.78 Å². The second kappa shape index (κ2) is 8.62. The smallest absolute Gasteiger partial charge is 0.414 e. The van der Waals surface area contributed by atoms with Gasteiger partial charge in [0.05, 0.1) is 12.3 Å². The standard InChI is InChI=1S/C22H22N4O3S/c1-15-10-16(2)12-19(11-15)25-7-6-23-21(25)30-14-20(27)24-17-4-3-5-18(13-17)26-8-9-29-22(26)28/h3-7,10-13H,8-9,14H2,1-2H3,(H,24,27). The van der Waals surface area contributed by atoms with Gasteiger partial charge in [-0.05, 0) is 55.3 Å². The van der Waals surface area contributed by atoms with Crippen LogP contribution in [0.1, 0.15) is 11.1 Å². The van der Waals surface area contributed by atoms with Crippen molar-refractivity contribution in [3.63, 3.8) is 0 Å². The maximum atomic E-state index is 12.5. The number of nitrogens with one attached hydrogen (secondary N) is 1. The second-order valence-electron chi connectivity index (χ2n) is 7.08. The van der Waals surface area contributed by atoms with Crippen molar-refractivity contribution in [1.82, 2.24) is 9.55 Å². The van der Waals surface area contributed by atoms with Crippen molar-refractivity contribution in [2.75, 3.05) is 29.1 Å². The van der Waals surface area contributed by atoms with Crippen LogP contribution in [-0.2, 0) is 9.53 Å². The Morgan fingerprint density at radius 3 is 2.70 bits per heavy atom. The molecule has 3 aromatic rings. The summed E-state index contributed by atoms with van der Waals surface area (Å²) in [7, 11) is 0. The number of hydrogen-bond donors (Lipinski definition) is 1. The summed E-state index contributed by atoms with van der Waals surface area (Å²) < 4.78 is 6.95. The Hall–Kier alpha value is -3.26. The minimum atomic E-state index is -0.368. The van der Waals surface area contributed by atoms with E-state index in [2.05, 4.69) is 42.3 Å². The molecule has 0 radical (unpaired) electrons. The first kappa shape index (κ1) is 20.0. The average molecular weight is 423 g/mol. The molecule has 8 heteroatoms. The molecule has 0 aliphatic carbocycles. The van der Waals surface area contributed by atoms with Gasteiger partial charge in [-0.1, -0.05) is 23.9 Å². The summed E-state index contributed by atoms with van der Waals surface area (Å²) in [5, 5.41) is 3.64. The molecule has 7 nitrogen and oxygen atoms in total. The monoisotopic (exact) mass is 422 g/mol. The van der Waals surface area contributed by atoms with Crippen LogP contribution in [-0.4, -0.2) is 40.5 Å². The Labute approximate surface area is 179 Å². The predicted molar refractivity (Wildman–Crippen MR) is 118 cm³/mol. The molecule has 0 unspecified atom stereocenters. The zero-order chi connectivity index (χ0) is 21.1. The lowest BCUT2D eigenvalue weighted by Crippen LogP contribution is -2.23. The number of thioether (sulfide) groups is 1. The highest BCUT2D eigenvalue weighted by molar-refractivity contribution is 7.99. The fourth-order valence-corrected chi connectivity index (χ4v) is 4.16. The predicted octanol–water partition coefficient (Wildman–Crippen LogP) is 4.18. The number of nitrogens with zero attached hydrogens (tertiary/aromatic N) is 3. The Morgan fingerprint density at radius 2 is 1.97 bits per heavy atom. The molecule has 0 bridgehead atoms. The van der Waals surface area contributed by atoms with Gasteiger partial charge in [0.1, 0.15) is 6.61 Å². The van der Waals surface area contributed by atoms with Crippen LogP contribution in [0.5, 0.6) is 0 Å². The van der Waals surface area contributed by atoms with Crippen LogP contribution in [0.3, 0.4) is 0 Å². The molecule has 2 heterocycles. The molecule has 1 fully saturated rings. The summed E-state index contributed by atoms with van der Waals surface area (Å²) in [4.78, 5) is 30.2. The highest BCUT2D eigenvalue weighted by atomic mass is 32.2. The highest BCUT2D eigenvalue weighted by Crippen LogP contribution is 2.24. The molecule has 0 atom stereocenters. The van der Waals surface area contributed by atoms with Gasteiger partial charge in [0.2, 0.25) is 5.91 Å². The molecular weight excluding hydrogens is 400 g/mol. The van der Waals surface area contributed by atoms with E-state index in [1.54, 1.807) is 29.3 Å². The number of benzene rings is 2. The van der Waals surface area contributed by atoms with E-state index in [1.165, 1.54) is 22.9 Å². The molecular formula is C22H22N4O3S. The van der Waals surface area contributed by atoms with Crippen molar-refractivity contribution >= 4 is 35.1 Å². The van der Waals surface area contributed by atoms with E-state index in [0.717, 1.165) is 10.8 Å². The lowest BCUT2D eigenvalue weighted by Gasteiger charge is -2.14. The molecule has 30 heavy (non-hydrogen) atoms. The summed E-state index contributed by atoms with van der Waals surface area (Å²) in [6.07, 6.45) is 3.26. The summed E-state index contributed by atoms with van der Waals surface area (Å²) in [5.74, 6) is 0.0776. The van der Waals surface area contributed by atoms with Gasteiger partial charge >= 0.3 is 6.09 Å². The molecule has 1 N–H and O–H groups in total. The minimum absolute atomic E-state index is 0.142. The van der Waals surface area contributed by atoms with Crippen LogP contribution < -0.4 is 10.2 Å². The van der Waals surface area contributed by atoms with Crippen molar-refractivity contribution in [3.8, 4) is 5.69 Å². The van der Waals surface area contributed by atoms with Crippen molar-refractivity contribution in [2.24, 2.45) is 0 Å². The first-order chi connectivity index (χ1) is 14.5. The van der Waals surface area contributed by atoms with Crippen LogP contribution >= 0.6 is 11.8 Å². The van der Waals surface area contributed by atoms with E-state index in [1.807, 2.05) is 16.8 Å². The van der Waals surface area contributed by atoms with Gasteiger partial charge in [-0.3, -0.25) is 14.3 Å². The lowest BCUT2D eigenvalue weighted by molar-refractivity contribution is -0.113. The van der Waals surface area contributed by atoms with E-state index >= 15 is 0 Å². The molecule has 0 spiro atoms. The molecule has 2 amide bonds. The number of ether oxygens (including phenoxy) is 1. The molecule has 0 saturated carbocycles. The third kappa shape index (κ3) is 4.49. The topological polar surface area (TPSA) is 76.5 Å². The summed E-state index contributed by atoms with van der Waals surface area (Å²) >= 11 is 1.37. The Morgan fingerprint density at radius 1 is 1.17 bits per heavy atom. The second-order valence-corrected chi connectivity index (χ2v) is 8.02. The van der Waals surface area contributed by atoms with Crippen LogP contribution in [0.2, 0.25) is 0 Å². The molecule has 1 saturated heterocycles. The highest BCUT2D eigenvalue weighted by Gasteiger charge is 2.23. The molecule has 1 aromatic heterocycles. The first-order valence-corrected chi connectivity index (χ1v) is 10.6. The number of amides is 2. The Bertz CT molecular complexity index is 1080. The van der Waals surface area contributed by atoms with Gasteiger partial charge in [-0.2, -0.15) is 0 Å². The van der Waals surface area contributed by atoms with Crippen molar-refractivity contribution in [2.45, 2.75) is 19.0 Å². The molecule has 1 aliphatic rings. The maximum absolute atomic E-state index is 12.5. The quantitative estimate of drug-likeness (QED) is 0.603. The van der Waals surface area contributed by atoms with E-state index in [0.29, 0.717) is 24.5 Å². The summed E-state index contributed by atoms with van der Waals surface area (Å²) in [5.41, 5.74) is 4.71. The Balaban J connectivity index is 1.41. The van der Waals surface area contributed by atoms with Crippen molar-refractivity contribution in [1.29, 1.82) is 0 Å². The number of aryl methyl sites for hydroxylation is 2. The molecule has 154 valence electrons. The van der Waals surface area contributed by atoms with E-state index < -0.39 is 0 Å². The number of cyclic esters (lactones) is 1. The van der Waals surface area contributed by atoms with Crippen LogP contribution in [0.25, 0.3) is 5.69 Å². The van der Waals surface area contributed by atoms with Crippen LogP contribution in [0, 0.1) is 13.8 Å². The average Bonchev–Trinajstić information content (AvgIpc) is 3.34. The largest absolute Gasteiger partial charge is 0.447 e. The van der Waals surface area contributed by atoms with Crippen LogP contribution in [0.4, 0.5) is 16.2 Å². The number of hydrogen-bond acceptors (Lipinski definition) is 5. The molecule has 4 rings (SSSR count). The number of carbonyl (C=O) groups excluding carboxylic acids is 2. The fraction of sp³-hybridized carbons (Fsp3) is 0.227. The molecule has 2 aromatic carbocycles. The number of aromatic nitrogens is 2. The summed E-state index contributed by atoms with van der Waals surface area (Å²) in [6, 6.07) is 13.5. The van der Waals surface area contributed by atoms with Gasteiger partial charge in [-0.15, -0.1) is 0 Å². The zero-order valence-corrected chi connectivity index (χ0v) is 17.6. The number of carbonyl (C=O) groups is 2. The molecule has 1 aliphatic heterocycles. The van der Waals surface area contributed by atoms with Crippen molar-refractivity contribution < 1.29 is 14.3 Å². The SMILES string of the molecule is Cc1cc(C)cc(-n2ccnc2SCC(=O)Nc2cccc(N3CCOC3=O)c2)c1.